The summed E-state index contributed by atoms with van der Waals surface area (Å²) in [5, 5.41) is 4.62. The van der Waals surface area contributed by atoms with Gasteiger partial charge in [-0.3, -0.25) is 0 Å². The molecule has 3 heteroatoms. The molecule has 3 rings (SSSR count). The number of hydrogen-bond acceptors (Lipinski definition) is 3. The zero-order valence-electron chi connectivity index (χ0n) is 10.5. The van der Waals surface area contributed by atoms with Gasteiger partial charge in [-0.25, -0.2) is 4.98 Å². The van der Waals surface area contributed by atoms with E-state index in [4.69, 9.17) is 5.73 Å². The first-order valence-corrected chi connectivity index (χ1v) is 6.66. The van der Waals surface area contributed by atoms with E-state index < -0.39 is 0 Å². The summed E-state index contributed by atoms with van der Waals surface area (Å²) in [6.07, 6.45) is 3.54. The number of pyridine rings is 1. The van der Waals surface area contributed by atoms with E-state index in [0.717, 1.165) is 30.7 Å². The van der Waals surface area contributed by atoms with Gasteiger partial charge in [-0.1, -0.05) is 18.2 Å². The van der Waals surface area contributed by atoms with E-state index in [9.17, 15) is 0 Å². The highest BCUT2D eigenvalue weighted by Gasteiger charge is 2.21. The van der Waals surface area contributed by atoms with E-state index >= 15 is 0 Å². The SMILES string of the molecule is NC1CCC(CNc2ccc3ccccc3n2)C1. The van der Waals surface area contributed by atoms with Crippen molar-refractivity contribution in [2.75, 3.05) is 11.9 Å². The highest BCUT2D eigenvalue weighted by molar-refractivity contribution is 5.79. The minimum absolute atomic E-state index is 0.404. The van der Waals surface area contributed by atoms with Crippen LogP contribution in [-0.2, 0) is 0 Å². The van der Waals surface area contributed by atoms with Crippen LogP contribution in [0.2, 0.25) is 0 Å². The molecule has 18 heavy (non-hydrogen) atoms. The van der Waals surface area contributed by atoms with Crippen molar-refractivity contribution in [2.45, 2.75) is 25.3 Å². The topological polar surface area (TPSA) is 50.9 Å². The van der Waals surface area contributed by atoms with Gasteiger partial charge >= 0.3 is 0 Å². The molecule has 94 valence electrons. The largest absolute Gasteiger partial charge is 0.370 e. The average Bonchev–Trinajstić information content (AvgIpc) is 2.82. The quantitative estimate of drug-likeness (QED) is 0.868. The second-order valence-electron chi connectivity index (χ2n) is 5.21. The van der Waals surface area contributed by atoms with Crippen molar-refractivity contribution in [1.29, 1.82) is 0 Å². The number of para-hydroxylation sites is 1. The molecule has 0 radical (unpaired) electrons. The third-order valence-corrected chi connectivity index (χ3v) is 3.75. The number of fused-ring (bicyclic) bond motifs is 1. The molecule has 2 aromatic rings. The van der Waals surface area contributed by atoms with E-state index in [0.29, 0.717) is 12.0 Å². The molecule has 1 aromatic carbocycles. The molecule has 0 bridgehead atoms. The lowest BCUT2D eigenvalue weighted by Crippen LogP contribution is -2.17. The molecule has 1 heterocycles. The van der Waals surface area contributed by atoms with E-state index in [2.05, 4.69) is 28.5 Å². The summed E-state index contributed by atoms with van der Waals surface area (Å²) in [6, 6.07) is 12.8. The van der Waals surface area contributed by atoms with Gasteiger partial charge in [0, 0.05) is 18.0 Å². The maximum absolute atomic E-state index is 5.93. The van der Waals surface area contributed by atoms with E-state index in [-0.39, 0.29) is 0 Å². The van der Waals surface area contributed by atoms with Gasteiger partial charge < -0.3 is 11.1 Å². The molecule has 1 saturated carbocycles. The number of aromatic nitrogens is 1. The fourth-order valence-electron chi connectivity index (χ4n) is 2.71. The lowest BCUT2D eigenvalue weighted by molar-refractivity contribution is 0.565. The monoisotopic (exact) mass is 241 g/mol. The standard InChI is InChI=1S/C15H19N3/c16-13-7-5-11(9-13)10-17-15-8-6-12-3-1-2-4-14(12)18-15/h1-4,6,8,11,13H,5,7,9-10,16H2,(H,17,18). The number of hydrogen-bond donors (Lipinski definition) is 2. The minimum Gasteiger partial charge on any atom is -0.370 e. The molecule has 3 nitrogen and oxygen atoms in total. The van der Waals surface area contributed by atoms with E-state index in [1.807, 2.05) is 18.2 Å². The Balaban J connectivity index is 1.67. The zero-order chi connectivity index (χ0) is 12.4. The Bertz CT molecular complexity index is 538. The third kappa shape index (κ3) is 2.46. The molecule has 1 fully saturated rings. The molecule has 3 N–H and O–H groups in total. The second kappa shape index (κ2) is 4.94. The summed E-state index contributed by atoms with van der Waals surface area (Å²) in [5.74, 6) is 1.67. The molecular formula is C15H19N3. The van der Waals surface area contributed by atoms with Crippen molar-refractivity contribution in [3.63, 3.8) is 0 Å². The number of nitrogens with two attached hydrogens (primary N) is 1. The molecule has 0 saturated heterocycles. The number of nitrogens with one attached hydrogen (secondary N) is 1. The predicted octanol–water partition coefficient (Wildman–Crippen LogP) is 2.77. The molecule has 2 unspecified atom stereocenters. The number of nitrogens with zero attached hydrogens (tertiary/aromatic N) is 1. The van der Waals surface area contributed by atoms with Crippen LogP contribution in [0.25, 0.3) is 10.9 Å². The zero-order valence-corrected chi connectivity index (χ0v) is 10.5. The number of benzene rings is 1. The van der Waals surface area contributed by atoms with E-state index in [1.54, 1.807) is 0 Å². The van der Waals surface area contributed by atoms with Gasteiger partial charge in [0.2, 0.25) is 0 Å². The van der Waals surface area contributed by atoms with E-state index in [1.165, 1.54) is 11.8 Å². The molecular weight excluding hydrogens is 222 g/mol. The molecule has 2 atom stereocenters. The lowest BCUT2D eigenvalue weighted by atomic mass is 10.1. The summed E-state index contributed by atoms with van der Waals surface area (Å²) in [6.45, 7) is 0.985. The molecule has 1 aliphatic rings. The average molecular weight is 241 g/mol. The van der Waals surface area contributed by atoms with Crippen LogP contribution in [0.4, 0.5) is 5.82 Å². The van der Waals surface area contributed by atoms with Crippen LogP contribution in [0, 0.1) is 5.92 Å². The molecule has 0 amide bonds. The summed E-state index contributed by atoms with van der Waals surface area (Å²) in [4.78, 5) is 4.61. The third-order valence-electron chi connectivity index (χ3n) is 3.75. The summed E-state index contributed by atoms with van der Waals surface area (Å²) < 4.78 is 0. The van der Waals surface area contributed by atoms with Crippen molar-refractivity contribution in [3.05, 3.63) is 36.4 Å². The number of rotatable bonds is 3. The van der Waals surface area contributed by atoms with Gasteiger partial charge in [-0.2, -0.15) is 0 Å². The van der Waals surface area contributed by atoms with Crippen molar-refractivity contribution < 1.29 is 0 Å². The van der Waals surface area contributed by atoms with Gasteiger partial charge in [0.05, 0.1) is 5.52 Å². The Morgan fingerprint density at radius 2 is 2.06 bits per heavy atom. The van der Waals surface area contributed by atoms with Crippen molar-refractivity contribution in [3.8, 4) is 0 Å². The van der Waals surface area contributed by atoms with Crippen LogP contribution in [0.1, 0.15) is 19.3 Å². The lowest BCUT2D eigenvalue weighted by Gasteiger charge is -2.11. The van der Waals surface area contributed by atoms with Crippen LogP contribution in [0.15, 0.2) is 36.4 Å². The van der Waals surface area contributed by atoms with Crippen LogP contribution >= 0.6 is 0 Å². The Kier molecular flexibility index (Phi) is 3.15. The minimum atomic E-state index is 0.404. The van der Waals surface area contributed by atoms with Gasteiger partial charge in [0.25, 0.3) is 0 Å². The highest BCUT2D eigenvalue weighted by Crippen LogP contribution is 2.24. The molecule has 1 aliphatic carbocycles. The maximum Gasteiger partial charge on any atom is 0.126 e. The van der Waals surface area contributed by atoms with Crippen molar-refractivity contribution in [2.24, 2.45) is 11.7 Å². The predicted molar refractivity (Wildman–Crippen MR) is 75.5 cm³/mol. The first-order valence-electron chi connectivity index (χ1n) is 6.66. The van der Waals surface area contributed by atoms with Crippen LogP contribution in [-0.4, -0.2) is 17.6 Å². The Labute approximate surface area is 107 Å². The normalized spacial score (nSPS) is 23.4. The van der Waals surface area contributed by atoms with Gasteiger partial charge in [0.15, 0.2) is 0 Å². The highest BCUT2D eigenvalue weighted by atomic mass is 15.0. The first-order chi connectivity index (χ1) is 8.81. The van der Waals surface area contributed by atoms with Crippen molar-refractivity contribution in [1.82, 2.24) is 4.98 Å². The molecule has 0 spiro atoms. The molecule has 0 aliphatic heterocycles. The Morgan fingerprint density at radius 3 is 2.89 bits per heavy atom. The second-order valence-corrected chi connectivity index (χ2v) is 5.21. The Hall–Kier alpha value is -1.61. The summed E-state index contributed by atoms with van der Waals surface area (Å²) in [7, 11) is 0. The van der Waals surface area contributed by atoms with Gasteiger partial charge in [0.1, 0.15) is 5.82 Å². The summed E-state index contributed by atoms with van der Waals surface area (Å²) in [5.41, 5.74) is 6.97. The maximum atomic E-state index is 5.93. The Morgan fingerprint density at radius 1 is 1.17 bits per heavy atom. The first kappa shape index (κ1) is 11.5. The fraction of sp³-hybridized carbons (Fsp3) is 0.400. The van der Waals surface area contributed by atoms with Gasteiger partial charge in [-0.05, 0) is 43.4 Å². The summed E-state index contributed by atoms with van der Waals surface area (Å²) >= 11 is 0. The van der Waals surface area contributed by atoms with Crippen LogP contribution in [0.5, 0.6) is 0 Å². The van der Waals surface area contributed by atoms with Crippen LogP contribution in [0.3, 0.4) is 0 Å². The molecule has 1 aromatic heterocycles. The van der Waals surface area contributed by atoms with Crippen LogP contribution < -0.4 is 11.1 Å². The smallest absolute Gasteiger partial charge is 0.126 e. The van der Waals surface area contributed by atoms with Crippen molar-refractivity contribution >= 4 is 16.7 Å². The fourth-order valence-corrected chi connectivity index (χ4v) is 2.71. The number of anilines is 1. The van der Waals surface area contributed by atoms with Gasteiger partial charge in [-0.15, -0.1) is 0 Å².